The van der Waals surface area contributed by atoms with Gasteiger partial charge in [-0.1, -0.05) is 20.8 Å². The minimum atomic E-state index is 0.0950. The van der Waals surface area contributed by atoms with E-state index >= 15 is 0 Å². The van der Waals surface area contributed by atoms with Gasteiger partial charge in [0.25, 0.3) is 5.91 Å². The number of nitrogen functional groups attached to an aromatic ring is 1. The van der Waals surface area contributed by atoms with E-state index < -0.39 is 0 Å². The first-order valence-electron chi connectivity index (χ1n) is 7.59. The van der Waals surface area contributed by atoms with Crippen molar-refractivity contribution in [1.29, 1.82) is 0 Å². The molecule has 110 valence electrons. The number of carbonyl (C=O) groups is 1. The van der Waals surface area contributed by atoms with Gasteiger partial charge >= 0.3 is 0 Å². The number of rotatable bonds is 4. The first-order valence-corrected chi connectivity index (χ1v) is 7.59. The van der Waals surface area contributed by atoms with Gasteiger partial charge < -0.3 is 10.6 Å². The van der Waals surface area contributed by atoms with Crippen molar-refractivity contribution in [3.8, 4) is 0 Å². The number of hydrogen-bond acceptors (Lipinski definition) is 3. The van der Waals surface area contributed by atoms with Gasteiger partial charge in [-0.25, -0.2) is 4.98 Å². The fourth-order valence-electron chi connectivity index (χ4n) is 3.03. The van der Waals surface area contributed by atoms with Crippen molar-refractivity contribution in [1.82, 2.24) is 9.88 Å². The summed E-state index contributed by atoms with van der Waals surface area (Å²) in [5.74, 6) is 0.529. The van der Waals surface area contributed by atoms with Gasteiger partial charge in [-0.2, -0.15) is 0 Å². The topological polar surface area (TPSA) is 59.2 Å². The van der Waals surface area contributed by atoms with E-state index in [0.717, 1.165) is 44.5 Å². The molecule has 0 spiro atoms. The molecule has 0 aliphatic carbocycles. The molecule has 0 saturated carbocycles. The summed E-state index contributed by atoms with van der Waals surface area (Å²) >= 11 is 0. The van der Waals surface area contributed by atoms with Crippen LogP contribution >= 0.6 is 0 Å². The van der Waals surface area contributed by atoms with Crippen molar-refractivity contribution < 1.29 is 4.79 Å². The monoisotopic (exact) mass is 275 g/mol. The Bertz CT molecular complexity index is 494. The van der Waals surface area contributed by atoms with Crippen molar-refractivity contribution in [3.05, 3.63) is 23.4 Å². The second kappa shape index (κ2) is 5.81. The predicted molar refractivity (Wildman–Crippen MR) is 81.6 cm³/mol. The zero-order valence-corrected chi connectivity index (χ0v) is 12.8. The number of carbonyl (C=O) groups excluding carboxylic acids is 1. The van der Waals surface area contributed by atoms with E-state index in [1.165, 1.54) is 0 Å². The van der Waals surface area contributed by atoms with Gasteiger partial charge in [0.15, 0.2) is 0 Å². The average molecular weight is 275 g/mol. The minimum Gasteiger partial charge on any atom is -0.384 e. The van der Waals surface area contributed by atoms with Crippen LogP contribution in [0.1, 0.15) is 56.1 Å². The van der Waals surface area contributed by atoms with Gasteiger partial charge in [-0.15, -0.1) is 0 Å². The van der Waals surface area contributed by atoms with Crippen molar-refractivity contribution >= 4 is 11.7 Å². The average Bonchev–Trinajstić information content (AvgIpc) is 2.91. The lowest BCUT2D eigenvalue weighted by molar-refractivity contribution is 0.0769. The van der Waals surface area contributed by atoms with Crippen LogP contribution in [-0.2, 0) is 6.42 Å². The van der Waals surface area contributed by atoms with Crippen molar-refractivity contribution in [3.63, 3.8) is 0 Å². The van der Waals surface area contributed by atoms with Gasteiger partial charge in [-0.05, 0) is 43.2 Å². The Hall–Kier alpha value is -1.58. The zero-order valence-electron chi connectivity index (χ0n) is 12.8. The second-order valence-electron chi connectivity index (χ2n) is 5.81. The molecule has 4 heteroatoms. The maximum atomic E-state index is 12.6. The number of likely N-dealkylation sites (tertiary alicyclic amines) is 1. The van der Waals surface area contributed by atoms with E-state index in [-0.39, 0.29) is 5.91 Å². The molecule has 0 unspecified atom stereocenters. The molecule has 0 atom stereocenters. The van der Waals surface area contributed by atoms with Crippen molar-refractivity contribution in [2.75, 3.05) is 18.8 Å². The molecule has 1 saturated heterocycles. The molecule has 1 amide bonds. The van der Waals surface area contributed by atoms with Gasteiger partial charge in [0.2, 0.25) is 0 Å². The maximum Gasteiger partial charge on any atom is 0.254 e. The SMILES string of the molecule is CCc1cc(C(=O)N2CCC(CC)(CC)C2)cc(N)n1. The lowest BCUT2D eigenvalue weighted by Crippen LogP contribution is -2.32. The molecule has 1 aliphatic rings. The highest BCUT2D eigenvalue weighted by Crippen LogP contribution is 2.37. The number of hydrogen-bond donors (Lipinski definition) is 1. The summed E-state index contributed by atoms with van der Waals surface area (Å²) in [5.41, 5.74) is 7.66. The number of nitrogens with two attached hydrogens (primary N) is 1. The maximum absolute atomic E-state index is 12.6. The number of anilines is 1. The summed E-state index contributed by atoms with van der Waals surface area (Å²) < 4.78 is 0. The first-order chi connectivity index (χ1) is 9.53. The predicted octanol–water partition coefficient (Wildman–Crippen LogP) is 2.88. The molecule has 1 aromatic heterocycles. The minimum absolute atomic E-state index is 0.0950. The molecule has 0 aromatic carbocycles. The Balaban J connectivity index is 2.19. The Morgan fingerprint density at radius 3 is 2.60 bits per heavy atom. The summed E-state index contributed by atoms with van der Waals surface area (Å²) in [4.78, 5) is 18.8. The summed E-state index contributed by atoms with van der Waals surface area (Å²) in [6, 6.07) is 3.57. The Morgan fingerprint density at radius 1 is 1.35 bits per heavy atom. The number of nitrogens with zero attached hydrogens (tertiary/aromatic N) is 2. The normalized spacial score (nSPS) is 17.4. The van der Waals surface area contributed by atoms with E-state index in [4.69, 9.17) is 5.73 Å². The molecule has 0 bridgehead atoms. The molecule has 0 radical (unpaired) electrons. The molecule has 20 heavy (non-hydrogen) atoms. The largest absolute Gasteiger partial charge is 0.384 e. The fraction of sp³-hybridized carbons (Fsp3) is 0.625. The fourth-order valence-corrected chi connectivity index (χ4v) is 3.03. The summed E-state index contributed by atoms with van der Waals surface area (Å²) in [6.45, 7) is 8.17. The summed E-state index contributed by atoms with van der Waals surface area (Å²) in [6.07, 6.45) is 4.16. The van der Waals surface area contributed by atoms with Crippen molar-refractivity contribution in [2.24, 2.45) is 5.41 Å². The Kier molecular flexibility index (Phi) is 4.31. The molecule has 1 fully saturated rings. The lowest BCUT2D eigenvalue weighted by atomic mass is 9.82. The molecule has 4 nitrogen and oxygen atoms in total. The van der Waals surface area contributed by atoms with E-state index in [0.29, 0.717) is 16.8 Å². The highest BCUT2D eigenvalue weighted by molar-refractivity contribution is 5.95. The van der Waals surface area contributed by atoms with Crippen LogP contribution in [-0.4, -0.2) is 28.9 Å². The van der Waals surface area contributed by atoms with E-state index in [1.807, 2.05) is 17.9 Å². The highest BCUT2D eigenvalue weighted by Gasteiger charge is 2.37. The highest BCUT2D eigenvalue weighted by atomic mass is 16.2. The second-order valence-corrected chi connectivity index (χ2v) is 5.81. The zero-order chi connectivity index (χ0) is 14.8. The molecular formula is C16H25N3O. The van der Waals surface area contributed by atoms with E-state index in [1.54, 1.807) is 6.07 Å². The summed E-state index contributed by atoms with van der Waals surface area (Å²) in [5, 5.41) is 0. The Morgan fingerprint density at radius 2 is 2.05 bits per heavy atom. The number of aromatic nitrogens is 1. The standard InChI is InChI=1S/C16H25N3O/c1-4-13-9-12(10-14(17)18-13)15(20)19-8-7-16(5-2,6-3)11-19/h9-10H,4-8,11H2,1-3H3,(H2,17,18). The third kappa shape index (κ3) is 2.79. The van der Waals surface area contributed by atoms with Gasteiger partial charge in [0.1, 0.15) is 5.82 Å². The van der Waals surface area contributed by atoms with Crippen molar-refractivity contribution in [2.45, 2.75) is 46.5 Å². The first kappa shape index (κ1) is 14.8. The molecule has 1 aliphatic heterocycles. The van der Waals surface area contributed by atoms with Crippen LogP contribution in [0.2, 0.25) is 0 Å². The van der Waals surface area contributed by atoms with Crippen LogP contribution in [0.4, 0.5) is 5.82 Å². The molecule has 2 N–H and O–H groups in total. The van der Waals surface area contributed by atoms with Crippen LogP contribution in [0.15, 0.2) is 12.1 Å². The number of amides is 1. The third-order valence-electron chi connectivity index (χ3n) is 4.73. The quantitative estimate of drug-likeness (QED) is 0.919. The molecule has 2 heterocycles. The van der Waals surface area contributed by atoms with E-state index in [2.05, 4.69) is 18.8 Å². The molecular weight excluding hydrogens is 250 g/mol. The lowest BCUT2D eigenvalue weighted by Gasteiger charge is -2.26. The smallest absolute Gasteiger partial charge is 0.254 e. The molecule has 2 rings (SSSR count). The molecule has 1 aromatic rings. The third-order valence-corrected chi connectivity index (χ3v) is 4.73. The summed E-state index contributed by atoms with van der Waals surface area (Å²) in [7, 11) is 0. The van der Waals surface area contributed by atoms with Gasteiger partial charge in [0, 0.05) is 24.3 Å². The van der Waals surface area contributed by atoms with Gasteiger partial charge in [0.05, 0.1) is 0 Å². The number of aryl methyl sites for hydroxylation is 1. The van der Waals surface area contributed by atoms with E-state index in [9.17, 15) is 4.79 Å². The van der Waals surface area contributed by atoms with Gasteiger partial charge in [-0.3, -0.25) is 4.79 Å². The number of pyridine rings is 1. The van der Waals surface area contributed by atoms with Crippen LogP contribution in [0, 0.1) is 5.41 Å². The van der Waals surface area contributed by atoms with Crippen LogP contribution < -0.4 is 5.73 Å². The van der Waals surface area contributed by atoms with Crippen LogP contribution in [0.25, 0.3) is 0 Å². The van der Waals surface area contributed by atoms with Crippen LogP contribution in [0.3, 0.4) is 0 Å². The Labute approximate surface area is 121 Å². The van der Waals surface area contributed by atoms with Crippen LogP contribution in [0.5, 0.6) is 0 Å².